The summed E-state index contributed by atoms with van der Waals surface area (Å²) >= 11 is 0. The molecule has 4 rings (SSSR count). The van der Waals surface area contributed by atoms with Crippen molar-refractivity contribution < 1.29 is 22.8 Å². The molecule has 42 heavy (non-hydrogen) atoms. The number of carbonyl (C=O) groups excluding carboxylic acids is 1. The summed E-state index contributed by atoms with van der Waals surface area (Å²) in [6.07, 6.45) is 11.6. The van der Waals surface area contributed by atoms with Crippen molar-refractivity contribution in [3.8, 4) is 0 Å². The predicted molar refractivity (Wildman–Crippen MR) is 181 cm³/mol. The average Bonchev–Trinajstić information content (AvgIpc) is 3.17. The lowest BCUT2D eigenvalue weighted by molar-refractivity contribution is -0.237. The quantitative estimate of drug-likeness (QED) is 0.176. The van der Waals surface area contributed by atoms with E-state index in [1.807, 2.05) is 0 Å². The van der Waals surface area contributed by atoms with E-state index in [1.54, 1.807) is 0 Å². The summed E-state index contributed by atoms with van der Waals surface area (Å²) < 4.78 is 26.7. The molecule has 0 bridgehead atoms. The minimum atomic E-state index is -1.86. The van der Waals surface area contributed by atoms with Crippen molar-refractivity contribution in [2.24, 2.45) is 40.4 Å². The van der Waals surface area contributed by atoms with Crippen LogP contribution in [0.1, 0.15) is 85.0 Å². The lowest BCUT2D eigenvalue weighted by Crippen LogP contribution is -2.70. The number of fused-ring (bicyclic) bond motifs is 5. The van der Waals surface area contributed by atoms with Gasteiger partial charge in [0.15, 0.2) is 25.0 Å². The Hall–Kier alpha value is 0.000649. The first-order valence-corrected chi connectivity index (χ1v) is 27.5. The number of hydrogen-bond acceptors (Lipinski definition) is 5. The second-order valence-electron chi connectivity index (χ2n) is 18.3. The van der Waals surface area contributed by atoms with Gasteiger partial charge in [0, 0.05) is 25.4 Å². The fourth-order valence-corrected chi connectivity index (χ4v) is 14.7. The summed E-state index contributed by atoms with van der Waals surface area (Å²) in [5.74, 6) is 3.03. The van der Waals surface area contributed by atoms with E-state index < -0.39 is 25.0 Å². The van der Waals surface area contributed by atoms with Gasteiger partial charge in [0.1, 0.15) is 0 Å². The second kappa shape index (κ2) is 12.0. The summed E-state index contributed by atoms with van der Waals surface area (Å²) in [4.78, 5) is 12.0. The van der Waals surface area contributed by atoms with Crippen molar-refractivity contribution in [2.75, 3.05) is 7.11 Å². The van der Waals surface area contributed by atoms with Gasteiger partial charge in [-0.05, 0) is 144 Å². The van der Waals surface area contributed by atoms with Gasteiger partial charge in [-0.25, -0.2) is 0 Å². The molecular weight excluding hydrogens is 573 g/mol. The normalized spacial score (nSPS) is 41.5. The molecule has 0 aromatic heterocycles. The van der Waals surface area contributed by atoms with Gasteiger partial charge in [0.25, 0.3) is 0 Å². The Morgan fingerprint density at radius 2 is 1.45 bits per heavy atom. The molecule has 0 radical (unpaired) electrons. The molecule has 3 unspecified atom stereocenters. The minimum Gasteiger partial charge on any atom is -0.469 e. The van der Waals surface area contributed by atoms with Gasteiger partial charge >= 0.3 is 5.97 Å². The van der Waals surface area contributed by atoms with E-state index in [1.165, 1.54) is 39.2 Å². The van der Waals surface area contributed by atoms with E-state index in [0.717, 1.165) is 25.7 Å². The lowest BCUT2D eigenvalue weighted by atomic mass is 9.42. The molecule has 0 amide bonds. The second-order valence-corrected chi connectivity index (χ2v) is 31.7. The molecule has 5 nitrogen and oxygen atoms in total. The summed E-state index contributed by atoms with van der Waals surface area (Å²) in [7, 11) is -3.82. The van der Waals surface area contributed by atoms with Gasteiger partial charge in [-0.3, -0.25) is 4.79 Å². The lowest BCUT2D eigenvalue weighted by Gasteiger charge is -2.68. The number of rotatable bonds is 10. The summed E-state index contributed by atoms with van der Waals surface area (Å²) in [6, 6.07) is 0. The van der Waals surface area contributed by atoms with Crippen LogP contribution in [0, 0.1) is 40.4 Å². The first-order chi connectivity index (χ1) is 19.1. The Bertz CT molecular complexity index is 970. The summed E-state index contributed by atoms with van der Waals surface area (Å²) in [5, 5.41) is 0. The molecule has 4 saturated carbocycles. The Balaban J connectivity index is 1.72. The Kier molecular flexibility index (Phi) is 9.94. The molecule has 4 fully saturated rings. The van der Waals surface area contributed by atoms with Gasteiger partial charge in [-0.15, -0.1) is 0 Å². The molecule has 4 aliphatic rings. The van der Waals surface area contributed by atoms with E-state index in [-0.39, 0.29) is 23.1 Å². The number of hydrogen-bond donors (Lipinski definition) is 0. The van der Waals surface area contributed by atoms with E-state index in [2.05, 4.69) is 79.7 Å². The van der Waals surface area contributed by atoms with Crippen molar-refractivity contribution in [2.45, 2.75) is 162 Å². The number of methoxy groups -OCH3 is 1. The van der Waals surface area contributed by atoms with Crippen LogP contribution in [0.5, 0.6) is 0 Å². The maximum absolute atomic E-state index is 12.0. The van der Waals surface area contributed by atoms with Crippen LogP contribution in [0.4, 0.5) is 0 Å². The molecule has 0 aromatic carbocycles. The highest BCUT2D eigenvalue weighted by atomic mass is 28.4. The monoisotopic (exact) mass is 638 g/mol. The van der Waals surface area contributed by atoms with E-state index in [9.17, 15) is 4.79 Å². The third-order valence-electron chi connectivity index (χ3n) is 12.0. The fraction of sp³-hybridized carbons (Fsp3) is 0.971. The Morgan fingerprint density at radius 3 is 2.02 bits per heavy atom. The average molecular weight is 639 g/mol. The minimum absolute atomic E-state index is 0.0680. The molecule has 4 aliphatic carbocycles. The van der Waals surface area contributed by atoms with Crippen molar-refractivity contribution in [3.05, 3.63) is 0 Å². The molecule has 10 atom stereocenters. The summed E-state index contributed by atoms with van der Waals surface area (Å²) in [5.41, 5.74) is 0.281. The van der Waals surface area contributed by atoms with Crippen LogP contribution in [0.15, 0.2) is 0 Å². The van der Waals surface area contributed by atoms with Crippen LogP contribution >= 0.6 is 0 Å². The van der Waals surface area contributed by atoms with Crippen molar-refractivity contribution in [1.82, 2.24) is 0 Å². The van der Waals surface area contributed by atoms with Gasteiger partial charge in [0.2, 0.25) is 0 Å². The highest BCUT2D eigenvalue weighted by Gasteiger charge is 2.69. The zero-order chi connectivity index (χ0) is 31.5. The molecular formula is C34H66O5Si3. The highest BCUT2D eigenvalue weighted by molar-refractivity contribution is 6.70. The zero-order valence-electron chi connectivity index (χ0n) is 29.7. The summed E-state index contributed by atoms with van der Waals surface area (Å²) in [6.45, 7) is 29.0. The van der Waals surface area contributed by atoms with Crippen LogP contribution in [0.3, 0.4) is 0 Å². The molecule has 0 spiro atoms. The van der Waals surface area contributed by atoms with Gasteiger partial charge in [-0.2, -0.15) is 0 Å². The Labute approximate surface area is 262 Å². The van der Waals surface area contributed by atoms with Crippen LogP contribution in [-0.4, -0.2) is 55.8 Å². The fourth-order valence-electron chi connectivity index (χ4n) is 10.7. The number of carbonyl (C=O) groups is 1. The molecule has 0 aliphatic heterocycles. The SMILES string of the molecule is COC(=O)CC[C@@H](C)[C@H]1CCC2C3C(CC[C@@]21C)[C@@]1(C)CC[C@@H](O[Si](C)(C)C)C[C@@]1(O[Si](C)(C)C)C[C@@H]3O[Si](C)(C)C. The van der Waals surface area contributed by atoms with Crippen molar-refractivity contribution >= 4 is 30.9 Å². The van der Waals surface area contributed by atoms with Crippen molar-refractivity contribution in [1.29, 1.82) is 0 Å². The molecule has 0 N–H and O–H groups in total. The number of ether oxygens (including phenoxy) is 1. The van der Waals surface area contributed by atoms with Crippen LogP contribution < -0.4 is 0 Å². The maximum atomic E-state index is 12.0. The zero-order valence-corrected chi connectivity index (χ0v) is 32.7. The van der Waals surface area contributed by atoms with Gasteiger partial charge in [0.05, 0.1) is 18.8 Å². The number of esters is 1. The maximum Gasteiger partial charge on any atom is 0.305 e. The first kappa shape index (κ1) is 34.9. The van der Waals surface area contributed by atoms with E-state index in [4.69, 9.17) is 18.0 Å². The molecule has 8 heteroatoms. The highest BCUT2D eigenvalue weighted by Crippen LogP contribution is 2.70. The third-order valence-corrected chi connectivity index (χ3v) is 15.1. The van der Waals surface area contributed by atoms with Crippen LogP contribution in [0.2, 0.25) is 58.9 Å². The third kappa shape index (κ3) is 7.03. The van der Waals surface area contributed by atoms with Crippen molar-refractivity contribution in [3.63, 3.8) is 0 Å². The van der Waals surface area contributed by atoms with Gasteiger partial charge in [-0.1, -0.05) is 20.8 Å². The molecule has 0 saturated heterocycles. The first-order valence-electron chi connectivity index (χ1n) is 17.3. The van der Waals surface area contributed by atoms with Crippen LogP contribution in [-0.2, 0) is 22.8 Å². The largest absolute Gasteiger partial charge is 0.469 e. The smallest absolute Gasteiger partial charge is 0.305 e. The molecule has 0 heterocycles. The van der Waals surface area contributed by atoms with Crippen LogP contribution in [0.25, 0.3) is 0 Å². The van der Waals surface area contributed by atoms with E-state index >= 15 is 0 Å². The van der Waals surface area contributed by atoms with E-state index in [0.29, 0.717) is 47.5 Å². The molecule has 244 valence electrons. The predicted octanol–water partition coefficient (Wildman–Crippen LogP) is 9.26. The molecule has 0 aromatic rings. The topological polar surface area (TPSA) is 54.0 Å². The van der Waals surface area contributed by atoms with Gasteiger partial charge < -0.3 is 18.0 Å². The standard InChI is InChI=1S/C34H66O5Si3/c1-24(14-17-30(35)36-4)26-15-16-27-31-28(19-20-32(26,27)2)33(3)21-18-25(37-40(5,6)7)22-34(33,39-42(11,12)13)23-29(31)38-41(8,9)10/h24-29,31H,14-23H2,1-13H3/t24-,25-,26-,27?,28?,29+,31?,32-,33-,34-/m1/s1. The Morgan fingerprint density at radius 1 is 0.810 bits per heavy atom.